The van der Waals surface area contributed by atoms with Gasteiger partial charge in [-0.2, -0.15) is 0 Å². The molecule has 0 saturated carbocycles. The van der Waals surface area contributed by atoms with Crippen LogP contribution in [0.5, 0.6) is 0 Å². The summed E-state index contributed by atoms with van der Waals surface area (Å²) < 4.78 is 23.8. The number of carbonyl (C=O) groups is 1. The Balaban J connectivity index is 2.49. The summed E-state index contributed by atoms with van der Waals surface area (Å²) in [5.41, 5.74) is 0. The van der Waals surface area contributed by atoms with Gasteiger partial charge in [0.05, 0.1) is 11.5 Å². The normalized spacial score (nSPS) is 25.1. The van der Waals surface area contributed by atoms with Gasteiger partial charge in [0.1, 0.15) is 5.78 Å². The Morgan fingerprint density at radius 2 is 2.00 bits per heavy atom. The maximum atomic E-state index is 11.9. The highest BCUT2D eigenvalue weighted by molar-refractivity contribution is 7.91. The lowest BCUT2D eigenvalue weighted by atomic mass is 9.94. The van der Waals surface area contributed by atoms with Gasteiger partial charge in [0.25, 0.3) is 0 Å². The van der Waals surface area contributed by atoms with Crippen LogP contribution in [0.15, 0.2) is 0 Å². The Bertz CT molecular complexity index is 351. The molecule has 1 aliphatic rings. The van der Waals surface area contributed by atoms with Crippen molar-refractivity contribution in [2.75, 3.05) is 24.6 Å². The number of sulfone groups is 1. The fourth-order valence-corrected chi connectivity index (χ4v) is 4.18. The van der Waals surface area contributed by atoms with Crippen molar-refractivity contribution in [3.63, 3.8) is 0 Å². The average Bonchev–Trinajstić information content (AvgIpc) is 2.65. The number of nitrogens with one attached hydrogen (secondary N) is 1. The molecule has 0 aromatic carbocycles. The van der Waals surface area contributed by atoms with E-state index in [0.717, 1.165) is 19.3 Å². The summed E-state index contributed by atoms with van der Waals surface area (Å²) in [6.07, 6.45) is 2.72. The van der Waals surface area contributed by atoms with Crippen LogP contribution in [-0.2, 0) is 14.6 Å². The molecule has 17 heavy (non-hydrogen) atoms. The van der Waals surface area contributed by atoms with E-state index < -0.39 is 9.84 Å². The van der Waals surface area contributed by atoms with Gasteiger partial charge in [0.2, 0.25) is 0 Å². The zero-order chi connectivity index (χ0) is 12.9. The quantitative estimate of drug-likeness (QED) is 0.695. The molecule has 0 spiro atoms. The summed E-state index contributed by atoms with van der Waals surface area (Å²) in [5.74, 6) is 0.384. The highest BCUT2D eigenvalue weighted by Crippen LogP contribution is 2.20. The molecule has 4 nitrogen and oxygen atoms in total. The maximum absolute atomic E-state index is 11.9. The van der Waals surface area contributed by atoms with Crippen molar-refractivity contribution >= 4 is 15.6 Å². The zero-order valence-corrected chi connectivity index (χ0v) is 11.6. The molecule has 2 unspecified atom stereocenters. The molecule has 0 bridgehead atoms. The Kier molecular flexibility index (Phi) is 5.59. The number of rotatable bonds is 7. The third kappa shape index (κ3) is 4.76. The summed E-state index contributed by atoms with van der Waals surface area (Å²) >= 11 is 0. The summed E-state index contributed by atoms with van der Waals surface area (Å²) in [5, 5.41) is 3.11. The lowest BCUT2D eigenvalue weighted by Gasteiger charge is -2.15. The second-order valence-corrected chi connectivity index (χ2v) is 7.19. The Labute approximate surface area is 104 Å². The molecule has 1 fully saturated rings. The van der Waals surface area contributed by atoms with Crippen molar-refractivity contribution in [2.45, 2.75) is 33.1 Å². The average molecular weight is 261 g/mol. The van der Waals surface area contributed by atoms with Crippen LogP contribution in [0.4, 0.5) is 0 Å². The molecule has 0 aromatic heterocycles. The van der Waals surface area contributed by atoms with E-state index >= 15 is 0 Å². The fraction of sp³-hybridized carbons (Fsp3) is 0.917. The van der Waals surface area contributed by atoms with Gasteiger partial charge in [-0.1, -0.05) is 19.8 Å². The molecule has 1 aliphatic heterocycles. The van der Waals surface area contributed by atoms with E-state index in [1.807, 2.05) is 0 Å². The van der Waals surface area contributed by atoms with Gasteiger partial charge in [0, 0.05) is 12.5 Å². The number of ketones is 1. The lowest BCUT2D eigenvalue weighted by Crippen LogP contribution is -2.28. The third-order valence-corrected chi connectivity index (χ3v) is 5.24. The van der Waals surface area contributed by atoms with Crippen LogP contribution in [0.1, 0.15) is 33.1 Å². The Morgan fingerprint density at radius 1 is 1.29 bits per heavy atom. The van der Waals surface area contributed by atoms with Crippen LogP contribution >= 0.6 is 0 Å². The van der Waals surface area contributed by atoms with Crippen LogP contribution < -0.4 is 5.32 Å². The first-order valence-electron chi connectivity index (χ1n) is 6.38. The Morgan fingerprint density at radius 3 is 2.59 bits per heavy atom. The number of hydrogen-bond acceptors (Lipinski definition) is 4. The first-order chi connectivity index (χ1) is 7.96. The van der Waals surface area contributed by atoms with Crippen molar-refractivity contribution < 1.29 is 13.2 Å². The standard InChI is InChI=1S/C12H23NO3S/c1-3-4-5-6-17(15,16)9-11-7-13-8-12(11)10(2)14/h11-13H,3-9H2,1-2H3. The fourth-order valence-electron chi connectivity index (χ4n) is 2.37. The SMILES string of the molecule is CCCCCS(=O)(=O)CC1CNCC1C(C)=O. The zero-order valence-electron chi connectivity index (χ0n) is 10.7. The highest BCUT2D eigenvalue weighted by Gasteiger charge is 2.33. The van der Waals surface area contributed by atoms with Crippen molar-refractivity contribution in [1.29, 1.82) is 0 Å². The smallest absolute Gasteiger partial charge is 0.150 e. The predicted octanol–water partition coefficient (Wildman–Crippen LogP) is 1.02. The molecule has 0 aromatic rings. The maximum Gasteiger partial charge on any atom is 0.150 e. The minimum absolute atomic E-state index is 0.0286. The predicted molar refractivity (Wildman–Crippen MR) is 68.7 cm³/mol. The van der Waals surface area contributed by atoms with E-state index in [4.69, 9.17) is 0 Å². The topological polar surface area (TPSA) is 63.2 Å². The molecule has 100 valence electrons. The molecule has 0 aliphatic carbocycles. The lowest BCUT2D eigenvalue weighted by molar-refractivity contribution is -0.121. The molecule has 0 amide bonds. The second kappa shape index (κ2) is 6.50. The first-order valence-corrected chi connectivity index (χ1v) is 8.20. The molecule has 2 atom stereocenters. The van der Waals surface area contributed by atoms with Gasteiger partial charge in [-0.15, -0.1) is 0 Å². The summed E-state index contributed by atoms with van der Waals surface area (Å²) in [6.45, 7) is 4.88. The van der Waals surface area contributed by atoms with Gasteiger partial charge in [-0.05, 0) is 25.8 Å². The monoisotopic (exact) mass is 261 g/mol. The summed E-state index contributed by atoms with van der Waals surface area (Å²) in [7, 11) is -3.00. The van der Waals surface area contributed by atoms with E-state index in [9.17, 15) is 13.2 Å². The van der Waals surface area contributed by atoms with Crippen molar-refractivity contribution in [1.82, 2.24) is 5.32 Å². The second-order valence-electron chi connectivity index (χ2n) is 4.96. The molecule has 1 heterocycles. The van der Waals surface area contributed by atoms with Crippen molar-refractivity contribution in [3.8, 4) is 0 Å². The van der Waals surface area contributed by atoms with E-state index in [0.29, 0.717) is 13.1 Å². The molecule has 1 N–H and O–H groups in total. The van der Waals surface area contributed by atoms with Gasteiger partial charge in [0.15, 0.2) is 9.84 Å². The third-order valence-electron chi connectivity index (χ3n) is 3.39. The first kappa shape index (κ1) is 14.6. The van der Waals surface area contributed by atoms with Gasteiger partial charge in [-0.3, -0.25) is 4.79 Å². The number of carbonyl (C=O) groups excluding carboxylic acids is 1. The molecule has 5 heteroatoms. The number of unbranched alkanes of at least 4 members (excludes halogenated alkanes) is 2. The van der Waals surface area contributed by atoms with Crippen LogP contribution in [-0.4, -0.2) is 38.8 Å². The van der Waals surface area contributed by atoms with Crippen molar-refractivity contribution in [2.24, 2.45) is 11.8 Å². The minimum atomic E-state index is -3.00. The van der Waals surface area contributed by atoms with E-state index in [-0.39, 0.29) is 29.1 Å². The van der Waals surface area contributed by atoms with E-state index in [1.165, 1.54) is 0 Å². The molecule has 0 radical (unpaired) electrons. The van der Waals surface area contributed by atoms with Gasteiger partial charge >= 0.3 is 0 Å². The molecular weight excluding hydrogens is 238 g/mol. The van der Waals surface area contributed by atoms with Gasteiger partial charge < -0.3 is 5.32 Å². The number of hydrogen-bond donors (Lipinski definition) is 1. The molecular formula is C12H23NO3S. The summed E-state index contributed by atoms with van der Waals surface area (Å²) in [4.78, 5) is 11.4. The van der Waals surface area contributed by atoms with Crippen LogP contribution in [0.2, 0.25) is 0 Å². The highest BCUT2D eigenvalue weighted by atomic mass is 32.2. The van der Waals surface area contributed by atoms with E-state index in [1.54, 1.807) is 6.92 Å². The van der Waals surface area contributed by atoms with Crippen LogP contribution in [0.25, 0.3) is 0 Å². The van der Waals surface area contributed by atoms with Crippen LogP contribution in [0.3, 0.4) is 0 Å². The largest absolute Gasteiger partial charge is 0.316 e. The van der Waals surface area contributed by atoms with Gasteiger partial charge in [-0.25, -0.2) is 8.42 Å². The molecule has 1 rings (SSSR count). The van der Waals surface area contributed by atoms with E-state index in [2.05, 4.69) is 12.2 Å². The summed E-state index contributed by atoms with van der Waals surface area (Å²) in [6, 6.07) is 0. The van der Waals surface area contributed by atoms with Crippen LogP contribution in [0, 0.1) is 11.8 Å². The van der Waals surface area contributed by atoms with Crippen molar-refractivity contribution in [3.05, 3.63) is 0 Å². The Hall–Kier alpha value is -0.420. The molecule has 1 saturated heterocycles. The minimum Gasteiger partial charge on any atom is -0.316 e. The number of Topliss-reactive ketones (excluding diaryl/α,β-unsaturated/α-hetero) is 1.